The van der Waals surface area contributed by atoms with Crippen LogP contribution in [0.4, 0.5) is 5.82 Å². The number of nitrogens with zero attached hydrogens (tertiary/aromatic N) is 4. The SMILES string of the molecule is Cc1ccc(-n2nc(N3CCN(S(=O)(=O)c4cc(C)cc(C)c4)CC3)ccc2=O)cc1. The first-order chi connectivity index (χ1) is 14.7. The maximum atomic E-state index is 13.1. The quantitative estimate of drug-likeness (QED) is 0.626. The van der Waals surface area contributed by atoms with Gasteiger partial charge in [-0.1, -0.05) is 23.8 Å². The van der Waals surface area contributed by atoms with Gasteiger partial charge in [0, 0.05) is 32.2 Å². The summed E-state index contributed by atoms with van der Waals surface area (Å²) in [5.41, 5.74) is 3.46. The summed E-state index contributed by atoms with van der Waals surface area (Å²) in [6.07, 6.45) is 0. The molecule has 1 aromatic heterocycles. The van der Waals surface area contributed by atoms with Crippen LogP contribution in [0.15, 0.2) is 64.3 Å². The van der Waals surface area contributed by atoms with E-state index in [1.165, 1.54) is 15.1 Å². The van der Waals surface area contributed by atoms with Gasteiger partial charge in [0.25, 0.3) is 5.56 Å². The molecule has 2 heterocycles. The summed E-state index contributed by atoms with van der Waals surface area (Å²) < 4.78 is 29.1. The van der Waals surface area contributed by atoms with Crippen LogP contribution >= 0.6 is 0 Å². The van der Waals surface area contributed by atoms with E-state index < -0.39 is 10.0 Å². The maximum absolute atomic E-state index is 13.1. The third-order valence-corrected chi connectivity index (χ3v) is 7.34. The lowest BCUT2D eigenvalue weighted by atomic mass is 10.2. The molecule has 1 aliphatic heterocycles. The standard InChI is InChI=1S/C23H26N4O3S/c1-17-4-6-20(7-5-17)27-23(28)9-8-22(24-27)25-10-12-26(13-11-25)31(29,30)21-15-18(2)14-19(3)16-21/h4-9,14-16H,10-13H2,1-3H3. The van der Waals surface area contributed by atoms with Gasteiger partial charge >= 0.3 is 0 Å². The summed E-state index contributed by atoms with van der Waals surface area (Å²) in [5, 5.41) is 4.53. The number of sulfonamides is 1. The van der Waals surface area contributed by atoms with Gasteiger partial charge in [0.2, 0.25) is 10.0 Å². The van der Waals surface area contributed by atoms with E-state index in [2.05, 4.69) is 5.10 Å². The second-order valence-electron chi connectivity index (χ2n) is 7.99. The third kappa shape index (κ3) is 4.40. The van der Waals surface area contributed by atoms with Gasteiger partial charge in [-0.15, -0.1) is 5.10 Å². The number of anilines is 1. The monoisotopic (exact) mass is 438 g/mol. The molecule has 0 unspecified atom stereocenters. The zero-order valence-corrected chi connectivity index (χ0v) is 18.8. The summed E-state index contributed by atoms with van der Waals surface area (Å²) in [6, 6.07) is 16.2. The van der Waals surface area contributed by atoms with E-state index in [9.17, 15) is 13.2 Å². The number of benzene rings is 2. The fraction of sp³-hybridized carbons (Fsp3) is 0.304. The van der Waals surface area contributed by atoms with E-state index in [1.54, 1.807) is 18.2 Å². The lowest BCUT2D eigenvalue weighted by Crippen LogP contribution is -2.49. The zero-order valence-electron chi connectivity index (χ0n) is 17.9. The molecule has 2 aromatic carbocycles. The molecule has 0 radical (unpaired) electrons. The summed E-state index contributed by atoms with van der Waals surface area (Å²) in [4.78, 5) is 14.7. The molecule has 1 fully saturated rings. The number of aryl methyl sites for hydroxylation is 3. The number of piperazine rings is 1. The van der Waals surface area contributed by atoms with Gasteiger partial charge in [0.05, 0.1) is 10.6 Å². The highest BCUT2D eigenvalue weighted by Gasteiger charge is 2.29. The molecule has 0 spiro atoms. The van der Waals surface area contributed by atoms with E-state index in [1.807, 2.05) is 56.0 Å². The van der Waals surface area contributed by atoms with Crippen LogP contribution in [0.3, 0.4) is 0 Å². The lowest BCUT2D eigenvalue weighted by molar-refractivity contribution is 0.383. The van der Waals surface area contributed by atoms with Crippen molar-refractivity contribution in [3.63, 3.8) is 0 Å². The second-order valence-corrected chi connectivity index (χ2v) is 9.93. The van der Waals surface area contributed by atoms with Crippen molar-refractivity contribution in [3.8, 4) is 5.69 Å². The summed E-state index contributed by atoms with van der Waals surface area (Å²) in [6.45, 7) is 7.52. The van der Waals surface area contributed by atoms with E-state index in [4.69, 9.17) is 0 Å². The van der Waals surface area contributed by atoms with Crippen molar-refractivity contribution in [2.75, 3.05) is 31.1 Å². The van der Waals surface area contributed by atoms with Gasteiger partial charge in [-0.2, -0.15) is 8.99 Å². The van der Waals surface area contributed by atoms with Gasteiger partial charge < -0.3 is 4.90 Å². The van der Waals surface area contributed by atoms with Gasteiger partial charge in [0.1, 0.15) is 5.82 Å². The normalized spacial score (nSPS) is 15.3. The van der Waals surface area contributed by atoms with Crippen LogP contribution in [0, 0.1) is 20.8 Å². The highest BCUT2D eigenvalue weighted by molar-refractivity contribution is 7.89. The molecule has 162 valence electrons. The Morgan fingerprint density at radius 2 is 1.39 bits per heavy atom. The van der Waals surface area contributed by atoms with Crippen LogP contribution in [0.25, 0.3) is 5.69 Å². The summed E-state index contributed by atoms with van der Waals surface area (Å²) >= 11 is 0. The zero-order chi connectivity index (χ0) is 22.2. The molecule has 1 saturated heterocycles. The van der Waals surface area contributed by atoms with Crippen LogP contribution in [0.2, 0.25) is 0 Å². The van der Waals surface area contributed by atoms with Crippen molar-refractivity contribution in [3.05, 3.63) is 81.6 Å². The Morgan fingerprint density at radius 3 is 2.00 bits per heavy atom. The van der Waals surface area contributed by atoms with Crippen LogP contribution in [-0.4, -0.2) is 48.7 Å². The molecule has 0 amide bonds. The highest BCUT2D eigenvalue weighted by Crippen LogP contribution is 2.22. The largest absolute Gasteiger partial charge is 0.353 e. The first kappa shape index (κ1) is 21.3. The van der Waals surface area contributed by atoms with E-state index in [0.29, 0.717) is 42.6 Å². The number of aromatic nitrogens is 2. The molecule has 4 rings (SSSR count). The average molecular weight is 439 g/mol. The molecule has 1 aliphatic rings. The number of rotatable bonds is 4. The van der Waals surface area contributed by atoms with Crippen LogP contribution in [-0.2, 0) is 10.0 Å². The summed E-state index contributed by atoms with van der Waals surface area (Å²) in [7, 11) is -3.54. The fourth-order valence-corrected chi connectivity index (χ4v) is 5.44. The minimum absolute atomic E-state index is 0.205. The summed E-state index contributed by atoms with van der Waals surface area (Å²) in [5.74, 6) is 0.656. The highest BCUT2D eigenvalue weighted by atomic mass is 32.2. The van der Waals surface area contributed by atoms with Crippen LogP contribution < -0.4 is 10.5 Å². The predicted molar refractivity (Wildman–Crippen MR) is 121 cm³/mol. The van der Waals surface area contributed by atoms with Crippen molar-refractivity contribution in [1.82, 2.24) is 14.1 Å². The Labute approximate surface area is 182 Å². The van der Waals surface area contributed by atoms with E-state index in [0.717, 1.165) is 16.7 Å². The van der Waals surface area contributed by atoms with Crippen molar-refractivity contribution >= 4 is 15.8 Å². The molecule has 0 N–H and O–H groups in total. The molecule has 8 heteroatoms. The molecular weight excluding hydrogens is 412 g/mol. The van der Waals surface area contributed by atoms with Gasteiger partial charge in [-0.25, -0.2) is 8.42 Å². The molecule has 0 aliphatic carbocycles. The molecule has 31 heavy (non-hydrogen) atoms. The van der Waals surface area contributed by atoms with Crippen molar-refractivity contribution in [2.45, 2.75) is 25.7 Å². The second kappa shape index (κ2) is 8.28. The average Bonchev–Trinajstić information content (AvgIpc) is 2.74. The third-order valence-electron chi connectivity index (χ3n) is 5.46. The smallest absolute Gasteiger partial charge is 0.271 e. The molecule has 7 nitrogen and oxygen atoms in total. The van der Waals surface area contributed by atoms with Gasteiger partial charge in [-0.05, 0) is 62.2 Å². The number of hydrogen-bond donors (Lipinski definition) is 0. The van der Waals surface area contributed by atoms with Crippen molar-refractivity contribution in [2.24, 2.45) is 0 Å². The maximum Gasteiger partial charge on any atom is 0.271 e. The molecule has 0 saturated carbocycles. The van der Waals surface area contributed by atoms with Crippen molar-refractivity contribution < 1.29 is 8.42 Å². The first-order valence-electron chi connectivity index (χ1n) is 10.2. The van der Waals surface area contributed by atoms with Crippen molar-refractivity contribution in [1.29, 1.82) is 0 Å². The van der Waals surface area contributed by atoms with Crippen LogP contribution in [0.5, 0.6) is 0 Å². The van der Waals surface area contributed by atoms with Gasteiger partial charge in [0.15, 0.2) is 0 Å². The molecular formula is C23H26N4O3S. The minimum atomic E-state index is -3.54. The Kier molecular flexibility index (Phi) is 5.68. The van der Waals surface area contributed by atoms with E-state index >= 15 is 0 Å². The Morgan fingerprint density at radius 1 is 0.774 bits per heavy atom. The lowest BCUT2D eigenvalue weighted by Gasteiger charge is -2.34. The van der Waals surface area contributed by atoms with Gasteiger partial charge in [-0.3, -0.25) is 4.79 Å². The van der Waals surface area contributed by atoms with E-state index in [-0.39, 0.29) is 5.56 Å². The first-order valence-corrected chi connectivity index (χ1v) is 11.7. The van der Waals surface area contributed by atoms with Crippen LogP contribution in [0.1, 0.15) is 16.7 Å². The fourth-order valence-electron chi connectivity index (χ4n) is 3.83. The molecule has 0 atom stereocenters. The molecule has 0 bridgehead atoms. The number of hydrogen-bond acceptors (Lipinski definition) is 5. The molecule has 3 aromatic rings. The Hall–Kier alpha value is -2.97. The predicted octanol–water partition coefficient (Wildman–Crippen LogP) is 2.67. The Balaban J connectivity index is 1.53. The minimum Gasteiger partial charge on any atom is -0.353 e. The topological polar surface area (TPSA) is 75.5 Å². The Bertz CT molecular complexity index is 1240.